The molecule has 6 aromatic rings. The van der Waals surface area contributed by atoms with Gasteiger partial charge in [-0.3, -0.25) is 0 Å². The summed E-state index contributed by atoms with van der Waals surface area (Å²) in [6, 6.07) is 57.6. The highest BCUT2D eigenvalue weighted by Gasteiger charge is 2.43. The van der Waals surface area contributed by atoms with Crippen LogP contribution >= 0.6 is 0 Å². The molecule has 3 aliphatic rings. The smallest absolute Gasteiger partial charge is 0.0707 e. The normalized spacial score (nSPS) is 18.6. The minimum Gasteiger partial charge on any atom is -0.374 e. The van der Waals surface area contributed by atoms with Gasteiger partial charge in [0.25, 0.3) is 0 Å². The summed E-state index contributed by atoms with van der Waals surface area (Å²) in [5, 5.41) is 3.90. The highest BCUT2D eigenvalue weighted by molar-refractivity contribution is 5.95. The molecule has 0 aromatic heterocycles. The molecule has 1 N–H and O–H groups in total. The average Bonchev–Trinajstić information content (AvgIpc) is 3.50. The van der Waals surface area contributed by atoms with Crippen LogP contribution in [0.2, 0.25) is 0 Å². The van der Waals surface area contributed by atoms with Gasteiger partial charge in [-0.05, 0) is 110 Å². The molecule has 6 aromatic carbocycles. The fourth-order valence-corrected chi connectivity index (χ4v) is 8.49. The molecular formula is C51H45N. The maximum absolute atomic E-state index is 3.90. The fraction of sp³-hybridized carbons (Fsp3) is 0.137. The number of fused-ring (bicyclic) bond motifs is 2. The lowest BCUT2D eigenvalue weighted by molar-refractivity contribution is 0.654. The Bertz CT molecular complexity index is 2350. The first-order valence-electron chi connectivity index (χ1n) is 18.8. The summed E-state index contributed by atoms with van der Waals surface area (Å²) in [6.07, 6.45) is 11.6. The molecular weight excluding hydrogens is 627 g/mol. The van der Waals surface area contributed by atoms with E-state index in [2.05, 4.69) is 194 Å². The molecule has 0 amide bonds. The van der Waals surface area contributed by atoms with Gasteiger partial charge in [0.05, 0.1) is 6.04 Å². The van der Waals surface area contributed by atoms with Gasteiger partial charge in [0.2, 0.25) is 0 Å². The second kappa shape index (κ2) is 14.4. The Morgan fingerprint density at radius 1 is 0.558 bits per heavy atom. The summed E-state index contributed by atoms with van der Waals surface area (Å²) in [7, 11) is 0. The largest absolute Gasteiger partial charge is 0.374 e. The molecule has 9 rings (SSSR count). The molecule has 2 aliphatic carbocycles. The first-order chi connectivity index (χ1) is 25.7. The molecule has 0 saturated heterocycles. The molecule has 0 spiro atoms. The summed E-state index contributed by atoms with van der Waals surface area (Å²) >= 11 is 0. The van der Waals surface area contributed by atoms with E-state index in [9.17, 15) is 0 Å². The van der Waals surface area contributed by atoms with E-state index < -0.39 is 0 Å². The Labute approximate surface area is 309 Å². The van der Waals surface area contributed by atoms with Crippen LogP contribution in [0.25, 0.3) is 39.1 Å². The van der Waals surface area contributed by atoms with Gasteiger partial charge in [0.15, 0.2) is 0 Å². The third-order valence-electron chi connectivity index (χ3n) is 10.9. The molecule has 2 unspecified atom stereocenters. The van der Waals surface area contributed by atoms with Crippen LogP contribution in [0, 0.1) is 0 Å². The van der Waals surface area contributed by atoms with Gasteiger partial charge in [0, 0.05) is 11.1 Å². The molecule has 254 valence electrons. The number of rotatable bonds is 6. The topological polar surface area (TPSA) is 12.0 Å². The Balaban J connectivity index is 0.00000190. The van der Waals surface area contributed by atoms with Crippen molar-refractivity contribution in [3.63, 3.8) is 0 Å². The zero-order valence-corrected chi connectivity index (χ0v) is 30.3. The number of benzene rings is 6. The van der Waals surface area contributed by atoms with E-state index in [1.54, 1.807) is 0 Å². The van der Waals surface area contributed by atoms with E-state index in [4.69, 9.17) is 0 Å². The van der Waals surface area contributed by atoms with E-state index in [1.807, 2.05) is 13.8 Å². The molecule has 1 heterocycles. The Morgan fingerprint density at radius 3 is 1.88 bits per heavy atom. The first-order valence-corrected chi connectivity index (χ1v) is 18.8. The van der Waals surface area contributed by atoms with Crippen LogP contribution in [-0.4, -0.2) is 0 Å². The van der Waals surface area contributed by atoms with Gasteiger partial charge in [-0.15, -0.1) is 0 Å². The van der Waals surface area contributed by atoms with E-state index >= 15 is 0 Å². The lowest BCUT2D eigenvalue weighted by atomic mass is 9.69. The second-order valence-corrected chi connectivity index (χ2v) is 13.8. The van der Waals surface area contributed by atoms with Crippen molar-refractivity contribution in [2.75, 3.05) is 0 Å². The van der Waals surface area contributed by atoms with Crippen molar-refractivity contribution in [1.82, 2.24) is 5.32 Å². The van der Waals surface area contributed by atoms with Gasteiger partial charge in [-0.1, -0.05) is 178 Å². The minimum absolute atomic E-state index is 0.0239. The van der Waals surface area contributed by atoms with Gasteiger partial charge in [-0.2, -0.15) is 0 Å². The molecule has 0 radical (unpaired) electrons. The molecule has 0 saturated carbocycles. The third kappa shape index (κ3) is 5.87. The maximum Gasteiger partial charge on any atom is 0.0707 e. The molecule has 1 heteroatoms. The van der Waals surface area contributed by atoms with E-state index in [0.717, 1.165) is 18.5 Å². The number of nitrogens with one attached hydrogen (secondary N) is 1. The summed E-state index contributed by atoms with van der Waals surface area (Å²) in [4.78, 5) is 0. The van der Waals surface area contributed by atoms with Gasteiger partial charge in [-0.25, -0.2) is 0 Å². The summed E-state index contributed by atoms with van der Waals surface area (Å²) < 4.78 is 0. The quantitative estimate of drug-likeness (QED) is 0.186. The fourth-order valence-electron chi connectivity index (χ4n) is 8.49. The first kappa shape index (κ1) is 33.2. The minimum atomic E-state index is -0.214. The van der Waals surface area contributed by atoms with Crippen molar-refractivity contribution in [3.8, 4) is 22.3 Å². The Kier molecular flexibility index (Phi) is 9.18. The van der Waals surface area contributed by atoms with Crippen LogP contribution < -0.4 is 5.32 Å². The average molecular weight is 672 g/mol. The van der Waals surface area contributed by atoms with Crippen LogP contribution in [0.15, 0.2) is 188 Å². The molecule has 0 bridgehead atoms. The SMILES string of the molecule is CC.CC1(c2ccccc2-c2ccccc2C2=CC(c3ccccc3)NC(c3cccc(-c4ccccc4)c3)=C2)C2=C(C=CCC2)c2ccccc21. The summed E-state index contributed by atoms with van der Waals surface area (Å²) in [5.74, 6) is 0. The van der Waals surface area contributed by atoms with Crippen LogP contribution in [0.3, 0.4) is 0 Å². The Hall–Kier alpha value is -5.92. The molecule has 2 atom stereocenters. The highest BCUT2D eigenvalue weighted by Crippen LogP contribution is 2.55. The predicted octanol–water partition coefficient (Wildman–Crippen LogP) is 13.2. The lowest BCUT2D eigenvalue weighted by Crippen LogP contribution is -2.25. The number of dihydropyridines is 1. The number of hydrogen-bond donors (Lipinski definition) is 1. The third-order valence-corrected chi connectivity index (χ3v) is 10.9. The number of allylic oxidation sites excluding steroid dienone is 6. The van der Waals surface area contributed by atoms with Crippen LogP contribution in [-0.2, 0) is 5.41 Å². The molecule has 0 fully saturated rings. The van der Waals surface area contributed by atoms with Crippen LogP contribution in [0.4, 0.5) is 0 Å². The van der Waals surface area contributed by atoms with Gasteiger partial charge < -0.3 is 5.32 Å². The summed E-state index contributed by atoms with van der Waals surface area (Å²) in [6.45, 7) is 6.46. The molecule has 1 nitrogen and oxygen atoms in total. The standard InChI is InChI=1S/C49H39N.C2H6/c1-49(45-29-14-11-26-42(45)43-27-12-15-30-46(43)49)44-28-13-10-25-41(44)40-24-9-8-23-39(40)38-32-47(35-19-6-3-7-20-35)50-48(33-38)37-22-16-21-36(31-37)34-17-4-2-5-18-34;1-2/h2-14,16-29,31-33,47,50H,15,30H2,1H3;1-2H3. The van der Waals surface area contributed by atoms with Crippen molar-refractivity contribution >= 4 is 16.8 Å². The maximum atomic E-state index is 3.90. The van der Waals surface area contributed by atoms with Gasteiger partial charge in [0.1, 0.15) is 0 Å². The molecule has 1 aliphatic heterocycles. The second-order valence-electron chi connectivity index (χ2n) is 13.8. The zero-order chi connectivity index (χ0) is 35.5. The predicted molar refractivity (Wildman–Crippen MR) is 222 cm³/mol. The van der Waals surface area contributed by atoms with Crippen LogP contribution in [0.5, 0.6) is 0 Å². The zero-order valence-electron chi connectivity index (χ0n) is 30.3. The number of hydrogen-bond acceptors (Lipinski definition) is 1. The van der Waals surface area contributed by atoms with Crippen molar-refractivity contribution in [2.24, 2.45) is 0 Å². The highest BCUT2D eigenvalue weighted by atomic mass is 14.9. The van der Waals surface area contributed by atoms with Crippen LogP contribution in [0.1, 0.15) is 73.0 Å². The van der Waals surface area contributed by atoms with E-state index in [0.29, 0.717) is 0 Å². The summed E-state index contributed by atoms with van der Waals surface area (Å²) in [5.41, 5.74) is 17.9. The van der Waals surface area contributed by atoms with Crippen molar-refractivity contribution in [1.29, 1.82) is 0 Å². The Morgan fingerprint density at radius 2 is 1.13 bits per heavy atom. The monoisotopic (exact) mass is 671 g/mol. The van der Waals surface area contributed by atoms with Crippen molar-refractivity contribution in [2.45, 2.75) is 45.1 Å². The van der Waals surface area contributed by atoms with Gasteiger partial charge >= 0.3 is 0 Å². The van der Waals surface area contributed by atoms with Crippen molar-refractivity contribution < 1.29 is 0 Å². The molecule has 52 heavy (non-hydrogen) atoms. The lowest BCUT2D eigenvalue weighted by Gasteiger charge is -2.34. The van der Waals surface area contributed by atoms with E-state index in [-0.39, 0.29) is 11.5 Å². The van der Waals surface area contributed by atoms with Crippen molar-refractivity contribution in [3.05, 3.63) is 221 Å². The van der Waals surface area contributed by atoms with E-state index in [1.165, 1.54) is 72.4 Å².